The van der Waals surface area contributed by atoms with E-state index < -0.39 is 0 Å². The van der Waals surface area contributed by atoms with Gasteiger partial charge in [0.05, 0.1) is 17.0 Å². The Hall–Kier alpha value is -1.49. The van der Waals surface area contributed by atoms with Gasteiger partial charge in [0, 0.05) is 19.1 Å². The second kappa shape index (κ2) is 5.72. The number of hydrogen-bond donors (Lipinski definition) is 1. The van der Waals surface area contributed by atoms with Crippen LogP contribution in [-0.4, -0.2) is 40.1 Å². The first-order chi connectivity index (χ1) is 10.1. The van der Waals surface area contributed by atoms with Crippen molar-refractivity contribution in [2.24, 2.45) is 17.6 Å². The van der Waals surface area contributed by atoms with Crippen molar-refractivity contribution in [1.82, 2.24) is 15.1 Å². The molecule has 1 aromatic rings. The summed E-state index contributed by atoms with van der Waals surface area (Å²) in [6.07, 6.45) is 4.23. The third kappa shape index (κ3) is 2.67. The highest BCUT2D eigenvalue weighted by Gasteiger charge is 2.40. The average molecular weight is 288 g/mol. The molecule has 0 aromatic carbocycles. The molecule has 2 N–H and O–H groups in total. The van der Waals surface area contributed by atoms with Gasteiger partial charge >= 0.3 is 0 Å². The second-order valence-electron chi connectivity index (χ2n) is 6.43. The highest BCUT2D eigenvalue weighted by Crippen LogP contribution is 2.36. The fraction of sp³-hybridized carbons (Fsp3) is 0.688. The van der Waals surface area contributed by atoms with Crippen molar-refractivity contribution in [1.29, 1.82) is 0 Å². The zero-order valence-electron chi connectivity index (χ0n) is 12.9. The highest BCUT2D eigenvalue weighted by molar-refractivity contribution is 5.95. The van der Waals surface area contributed by atoms with E-state index in [1.807, 2.05) is 24.8 Å². The van der Waals surface area contributed by atoms with Crippen LogP contribution in [0.25, 0.3) is 0 Å². The lowest BCUT2D eigenvalue weighted by molar-refractivity contribution is 0.0781. The average Bonchev–Trinajstić information content (AvgIpc) is 2.92. The van der Waals surface area contributed by atoms with Crippen molar-refractivity contribution in [3.05, 3.63) is 23.0 Å². The molecule has 1 saturated carbocycles. The van der Waals surface area contributed by atoms with Gasteiger partial charge in [-0.15, -0.1) is 0 Å². The Morgan fingerprint density at radius 2 is 2.19 bits per heavy atom. The molecule has 1 aromatic heterocycles. The van der Waals surface area contributed by atoms with Crippen molar-refractivity contribution in [3.8, 4) is 0 Å². The fourth-order valence-corrected chi connectivity index (χ4v) is 3.81. The number of fused-ring (bicyclic) bond motifs is 1. The molecular weight excluding hydrogens is 264 g/mol. The zero-order valence-corrected chi connectivity index (χ0v) is 12.9. The van der Waals surface area contributed by atoms with Gasteiger partial charge in [0.1, 0.15) is 0 Å². The van der Waals surface area contributed by atoms with Gasteiger partial charge in [-0.05, 0) is 44.1 Å². The van der Waals surface area contributed by atoms with Gasteiger partial charge in [0.25, 0.3) is 5.91 Å². The summed E-state index contributed by atoms with van der Waals surface area (Å²) in [5.41, 5.74) is 8.55. The molecule has 3 atom stereocenters. The molecule has 0 radical (unpaired) electrons. The van der Waals surface area contributed by atoms with Gasteiger partial charge in [0.2, 0.25) is 0 Å². The monoisotopic (exact) mass is 288 g/mol. The normalized spacial score (nSPS) is 28.5. The van der Waals surface area contributed by atoms with E-state index in [-0.39, 0.29) is 11.9 Å². The van der Waals surface area contributed by atoms with Gasteiger partial charge in [-0.1, -0.05) is 13.3 Å². The van der Waals surface area contributed by atoms with Crippen LogP contribution in [0.15, 0.2) is 6.07 Å². The van der Waals surface area contributed by atoms with Gasteiger partial charge in [-0.2, -0.15) is 10.2 Å². The largest absolute Gasteiger partial charge is 0.338 e. The smallest absolute Gasteiger partial charge is 0.255 e. The Balaban J connectivity index is 1.82. The topological polar surface area (TPSA) is 72.1 Å². The molecule has 1 amide bonds. The van der Waals surface area contributed by atoms with E-state index in [0.29, 0.717) is 11.8 Å². The summed E-state index contributed by atoms with van der Waals surface area (Å²) in [7, 11) is 0. The van der Waals surface area contributed by atoms with Gasteiger partial charge < -0.3 is 10.6 Å². The minimum Gasteiger partial charge on any atom is -0.338 e. The van der Waals surface area contributed by atoms with E-state index in [1.165, 1.54) is 12.8 Å². The number of carbonyl (C=O) groups is 1. The Morgan fingerprint density at radius 3 is 2.90 bits per heavy atom. The molecule has 1 aliphatic carbocycles. The lowest BCUT2D eigenvalue weighted by atomic mass is 9.78. The molecular formula is C16H24N4O. The Bertz CT molecular complexity index is 545. The minimum atomic E-state index is 0.103. The SMILES string of the molecule is CCc1nnc(C)cc1C(=O)N1CC2CCCC(N)C2C1. The molecule has 114 valence electrons. The van der Waals surface area contributed by atoms with Crippen LogP contribution < -0.4 is 5.73 Å². The number of hydrogen-bond acceptors (Lipinski definition) is 4. The van der Waals surface area contributed by atoms with Crippen LogP contribution in [0.3, 0.4) is 0 Å². The summed E-state index contributed by atoms with van der Waals surface area (Å²) in [5, 5.41) is 8.24. The first kappa shape index (κ1) is 14.4. The van der Waals surface area contributed by atoms with Crippen LogP contribution in [0, 0.1) is 18.8 Å². The lowest BCUT2D eigenvalue weighted by Gasteiger charge is -2.29. The highest BCUT2D eigenvalue weighted by atomic mass is 16.2. The lowest BCUT2D eigenvalue weighted by Crippen LogP contribution is -2.38. The first-order valence-electron chi connectivity index (χ1n) is 7.98. The van der Waals surface area contributed by atoms with E-state index in [1.54, 1.807) is 0 Å². The van der Waals surface area contributed by atoms with Crippen molar-refractivity contribution < 1.29 is 4.79 Å². The van der Waals surface area contributed by atoms with Crippen LogP contribution in [-0.2, 0) is 6.42 Å². The molecule has 1 aliphatic heterocycles. The number of nitrogens with zero attached hydrogens (tertiary/aromatic N) is 3. The van der Waals surface area contributed by atoms with Gasteiger partial charge in [0.15, 0.2) is 0 Å². The molecule has 0 bridgehead atoms. The van der Waals surface area contributed by atoms with Crippen molar-refractivity contribution in [2.45, 2.75) is 45.6 Å². The van der Waals surface area contributed by atoms with E-state index in [9.17, 15) is 4.79 Å². The van der Waals surface area contributed by atoms with Gasteiger partial charge in [-0.3, -0.25) is 4.79 Å². The standard InChI is InChI=1S/C16H24N4O/c1-3-15-12(7-10(2)18-19-15)16(21)20-8-11-5-4-6-14(17)13(11)9-20/h7,11,13-14H,3-6,8-9,17H2,1-2H3. The van der Waals surface area contributed by atoms with E-state index in [0.717, 1.165) is 42.9 Å². The molecule has 5 heteroatoms. The molecule has 2 fully saturated rings. The second-order valence-corrected chi connectivity index (χ2v) is 6.43. The Morgan fingerprint density at radius 1 is 1.38 bits per heavy atom. The maximum atomic E-state index is 12.8. The summed E-state index contributed by atoms with van der Waals surface area (Å²) >= 11 is 0. The number of amides is 1. The zero-order chi connectivity index (χ0) is 15.0. The van der Waals surface area contributed by atoms with E-state index in [4.69, 9.17) is 5.73 Å². The van der Waals surface area contributed by atoms with Crippen LogP contribution >= 0.6 is 0 Å². The van der Waals surface area contributed by atoms with Crippen LogP contribution in [0.2, 0.25) is 0 Å². The molecule has 3 rings (SSSR count). The van der Waals surface area contributed by atoms with E-state index >= 15 is 0 Å². The van der Waals surface area contributed by atoms with Crippen molar-refractivity contribution in [3.63, 3.8) is 0 Å². The number of likely N-dealkylation sites (tertiary alicyclic amines) is 1. The van der Waals surface area contributed by atoms with Crippen LogP contribution in [0.5, 0.6) is 0 Å². The fourth-order valence-electron chi connectivity index (χ4n) is 3.81. The predicted molar refractivity (Wildman–Crippen MR) is 80.9 cm³/mol. The summed E-state index contributed by atoms with van der Waals surface area (Å²) in [6.45, 7) is 5.54. The molecule has 0 spiro atoms. The maximum Gasteiger partial charge on any atom is 0.255 e. The molecule has 1 saturated heterocycles. The van der Waals surface area contributed by atoms with Crippen LogP contribution in [0.1, 0.15) is 47.9 Å². The molecule has 2 heterocycles. The summed E-state index contributed by atoms with van der Waals surface area (Å²) in [4.78, 5) is 14.8. The number of carbonyl (C=O) groups excluding carboxylic acids is 1. The number of aromatic nitrogens is 2. The van der Waals surface area contributed by atoms with Crippen LogP contribution in [0.4, 0.5) is 0 Å². The first-order valence-corrected chi connectivity index (χ1v) is 7.98. The third-order valence-corrected chi connectivity index (χ3v) is 5.00. The maximum absolute atomic E-state index is 12.8. The quantitative estimate of drug-likeness (QED) is 0.896. The number of aryl methyl sites for hydroxylation is 2. The van der Waals surface area contributed by atoms with E-state index in [2.05, 4.69) is 10.2 Å². The van der Waals surface area contributed by atoms with Crippen molar-refractivity contribution >= 4 is 5.91 Å². The molecule has 5 nitrogen and oxygen atoms in total. The summed E-state index contributed by atoms with van der Waals surface area (Å²) in [6, 6.07) is 2.13. The predicted octanol–water partition coefficient (Wildman–Crippen LogP) is 1.55. The Kier molecular flexibility index (Phi) is 3.93. The molecule has 3 unspecified atom stereocenters. The van der Waals surface area contributed by atoms with Gasteiger partial charge in [-0.25, -0.2) is 0 Å². The number of nitrogens with two attached hydrogens (primary N) is 1. The Labute approximate surface area is 125 Å². The molecule has 21 heavy (non-hydrogen) atoms. The molecule has 2 aliphatic rings. The summed E-state index contributed by atoms with van der Waals surface area (Å²) < 4.78 is 0. The minimum absolute atomic E-state index is 0.103. The third-order valence-electron chi connectivity index (χ3n) is 5.00. The van der Waals surface area contributed by atoms with Crippen molar-refractivity contribution in [2.75, 3.05) is 13.1 Å². The number of rotatable bonds is 2. The summed E-state index contributed by atoms with van der Waals surface area (Å²) in [5.74, 6) is 1.16.